The number of carbonyl (C=O) groups is 5. The molecule has 0 saturated carbocycles. The highest BCUT2D eigenvalue weighted by molar-refractivity contribution is 5.96. The third-order valence-corrected chi connectivity index (χ3v) is 14.6. The zero-order chi connectivity index (χ0) is 49.3. The first-order chi connectivity index (χ1) is 33.0. The summed E-state index contributed by atoms with van der Waals surface area (Å²) in [7, 11) is 3.29. The summed E-state index contributed by atoms with van der Waals surface area (Å²) < 4.78 is 14.2. The third kappa shape index (κ3) is 10.4. The van der Waals surface area contributed by atoms with E-state index in [9.17, 15) is 29.1 Å². The Morgan fingerprint density at radius 2 is 1.83 bits per heavy atom. The highest BCUT2D eigenvalue weighted by Gasteiger charge is 2.41. The Hall–Kier alpha value is -5.84. The van der Waals surface area contributed by atoms with E-state index in [2.05, 4.69) is 59.6 Å². The molecule has 1 unspecified atom stereocenters. The Kier molecular flexibility index (Phi) is 14.8. The van der Waals surface area contributed by atoms with Crippen molar-refractivity contribution >= 4 is 40.5 Å². The average Bonchev–Trinajstić information content (AvgIpc) is 4.12. The van der Waals surface area contributed by atoms with Gasteiger partial charge in [-0.15, -0.1) is 0 Å². The molecule has 4 amide bonds. The molecule has 4 N–H and O–H groups in total. The highest BCUT2D eigenvalue weighted by atomic mass is 16.5. The zero-order valence-corrected chi connectivity index (χ0v) is 41.5. The van der Waals surface area contributed by atoms with Crippen molar-refractivity contribution in [1.82, 2.24) is 40.4 Å². The van der Waals surface area contributed by atoms with Crippen LogP contribution in [-0.4, -0.2) is 130 Å². The Morgan fingerprint density at radius 1 is 1.03 bits per heavy atom. The number of esters is 1. The summed E-state index contributed by atoms with van der Waals surface area (Å²) in [5.41, 5.74) is 9.58. The van der Waals surface area contributed by atoms with E-state index in [1.54, 1.807) is 37.4 Å². The number of nitrogens with zero attached hydrogens (tertiary/aromatic N) is 5. The van der Waals surface area contributed by atoms with Crippen LogP contribution in [0.1, 0.15) is 96.6 Å². The SMILES string of the molecule is CCn1c(-c2cccnc2[C@H](C)OC)c2c3cc(ccc31)-c1cc(O)cc(c1)C[C@H](NC(=O)C(C(C)C)N(C)C(=O)[C@H]1CCN(C(=O)[C@@H]3CCCN3)C1)C(=O)N1CCC[C@H](N1)C(=O)OCC(C)(C)C2. The molecule has 3 fully saturated rings. The predicted octanol–water partition coefficient (Wildman–Crippen LogP) is 5.54. The lowest BCUT2D eigenvalue weighted by Gasteiger charge is -2.37. The van der Waals surface area contributed by atoms with Crippen LogP contribution in [0.4, 0.5) is 0 Å². The monoisotopic (exact) mass is 947 g/mol. The molecule has 3 saturated heterocycles. The molecule has 16 heteroatoms. The molecule has 6 heterocycles. The first-order valence-electron chi connectivity index (χ1n) is 24.8. The number of hydrazine groups is 1. The molecule has 370 valence electrons. The number of rotatable bonds is 10. The van der Waals surface area contributed by atoms with E-state index in [0.717, 1.165) is 63.9 Å². The fraction of sp³-hybridized carbons (Fsp3) is 0.547. The van der Waals surface area contributed by atoms with Gasteiger partial charge in [0.05, 0.1) is 36.1 Å². The predicted molar refractivity (Wildman–Crippen MR) is 262 cm³/mol. The second kappa shape index (κ2) is 20.6. The minimum atomic E-state index is -1.16. The van der Waals surface area contributed by atoms with Crippen molar-refractivity contribution in [3.8, 4) is 28.1 Å². The van der Waals surface area contributed by atoms with Gasteiger partial charge >= 0.3 is 5.97 Å². The van der Waals surface area contributed by atoms with Gasteiger partial charge < -0.3 is 39.6 Å². The number of ether oxygens (including phenoxy) is 2. The van der Waals surface area contributed by atoms with Gasteiger partial charge in [-0.3, -0.25) is 34.0 Å². The number of likely N-dealkylation sites (tertiary alicyclic amines) is 1. The molecule has 16 nitrogen and oxygen atoms in total. The summed E-state index contributed by atoms with van der Waals surface area (Å²) in [5, 5.41) is 20.1. The Morgan fingerprint density at radius 3 is 2.55 bits per heavy atom. The van der Waals surface area contributed by atoms with E-state index in [1.807, 2.05) is 39.0 Å². The van der Waals surface area contributed by atoms with Crippen molar-refractivity contribution in [3.63, 3.8) is 0 Å². The normalized spacial score (nSPS) is 22.9. The standard InChI is InChI=1S/C53H70N8O8/c1-9-60-44-17-16-34-27-39(44)40(47(60)38-13-10-20-55-45(38)32(4)68-8)28-53(5,6)30-69-52(67)42-15-12-21-61(57-42)51(66)43(25-33-23-36(34)26-37(62)24-33)56-48(63)46(31(2)3)58(7)49(64)35-18-22-59(29-35)50(65)41-14-11-19-54-41/h10,13,16-17,20,23-24,26-27,31-32,35,41-43,46,54,57,62H,9,11-12,14-15,18-19,21-22,25,28-30H2,1-8H3,(H,56,63)/t32-,35-,41-,42-,43-,46?/m0/s1. The first-order valence-corrected chi connectivity index (χ1v) is 24.8. The maximum atomic E-state index is 14.8. The molecular weight excluding hydrogens is 877 g/mol. The van der Waals surface area contributed by atoms with Gasteiger partial charge in [-0.2, -0.15) is 0 Å². The van der Waals surface area contributed by atoms with E-state index >= 15 is 0 Å². The molecular formula is C53H70N8O8. The van der Waals surface area contributed by atoms with Gasteiger partial charge in [0.15, 0.2) is 0 Å². The summed E-state index contributed by atoms with van der Waals surface area (Å²) in [6.07, 6.45) is 5.20. The van der Waals surface area contributed by atoms with Crippen molar-refractivity contribution in [2.75, 3.05) is 46.9 Å². The summed E-state index contributed by atoms with van der Waals surface area (Å²) >= 11 is 0. The molecule has 2 aromatic carbocycles. The van der Waals surface area contributed by atoms with Crippen LogP contribution in [0.5, 0.6) is 5.75 Å². The van der Waals surface area contributed by atoms with Crippen LogP contribution in [0.15, 0.2) is 54.7 Å². The van der Waals surface area contributed by atoms with Crippen molar-refractivity contribution in [3.05, 3.63) is 71.5 Å². The van der Waals surface area contributed by atoms with Gasteiger partial charge in [0.25, 0.3) is 5.91 Å². The molecule has 2 aromatic heterocycles. The van der Waals surface area contributed by atoms with E-state index < -0.39 is 47.2 Å². The van der Waals surface area contributed by atoms with Gasteiger partial charge in [0, 0.05) is 74.8 Å². The number of methoxy groups -OCH3 is 1. The number of phenols is 1. The average molecular weight is 947 g/mol. The number of likely N-dealkylation sites (N-methyl/N-ethyl adjacent to an activating group) is 1. The number of aromatic hydroxyl groups is 1. The van der Waals surface area contributed by atoms with Crippen LogP contribution in [-0.2, 0) is 52.8 Å². The molecule has 4 aromatic rings. The summed E-state index contributed by atoms with van der Waals surface area (Å²) in [6, 6.07) is 12.4. The first kappa shape index (κ1) is 49.6. The van der Waals surface area contributed by atoms with Crippen LogP contribution < -0.4 is 16.1 Å². The second-order valence-corrected chi connectivity index (χ2v) is 20.6. The van der Waals surface area contributed by atoms with Gasteiger partial charge in [0.1, 0.15) is 23.9 Å². The number of fused-ring (bicyclic) bond motifs is 6. The van der Waals surface area contributed by atoms with Crippen LogP contribution in [0.3, 0.4) is 0 Å². The van der Waals surface area contributed by atoms with E-state index in [0.29, 0.717) is 44.3 Å². The topological polar surface area (TPSA) is 188 Å². The lowest BCUT2D eigenvalue weighted by molar-refractivity contribution is -0.155. The van der Waals surface area contributed by atoms with Crippen LogP contribution >= 0.6 is 0 Å². The highest BCUT2D eigenvalue weighted by Crippen LogP contribution is 2.42. The minimum Gasteiger partial charge on any atom is -0.508 e. The van der Waals surface area contributed by atoms with E-state index in [-0.39, 0.29) is 61.7 Å². The number of aryl methyl sites for hydroxylation is 1. The smallest absolute Gasteiger partial charge is 0.324 e. The summed E-state index contributed by atoms with van der Waals surface area (Å²) in [4.78, 5) is 78.8. The maximum Gasteiger partial charge on any atom is 0.324 e. The largest absolute Gasteiger partial charge is 0.508 e. The zero-order valence-electron chi connectivity index (χ0n) is 41.5. The Balaban J connectivity index is 1.16. The fourth-order valence-electron chi connectivity index (χ4n) is 11.0. The Labute approximate surface area is 405 Å². The van der Waals surface area contributed by atoms with Crippen molar-refractivity contribution < 1.29 is 38.6 Å². The minimum absolute atomic E-state index is 0.00382. The van der Waals surface area contributed by atoms with Crippen molar-refractivity contribution in [2.24, 2.45) is 17.3 Å². The molecule has 4 aliphatic rings. The molecule has 8 rings (SSSR count). The lowest BCUT2D eigenvalue weighted by atomic mass is 9.84. The van der Waals surface area contributed by atoms with Gasteiger partial charge in [0.2, 0.25) is 17.7 Å². The Bertz CT molecular complexity index is 2580. The molecule has 69 heavy (non-hydrogen) atoms. The van der Waals surface area contributed by atoms with Crippen molar-refractivity contribution in [1.29, 1.82) is 0 Å². The number of hydrogen-bond acceptors (Lipinski definition) is 11. The summed E-state index contributed by atoms with van der Waals surface area (Å²) in [6.45, 7) is 14.6. The number of hydrogen-bond donors (Lipinski definition) is 4. The summed E-state index contributed by atoms with van der Waals surface area (Å²) in [5.74, 6) is -2.49. The number of nitrogens with one attached hydrogen (secondary N) is 3. The molecule has 0 aliphatic carbocycles. The molecule has 4 aliphatic heterocycles. The third-order valence-electron chi connectivity index (χ3n) is 14.6. The molecule has 0 radical (unpaired) electrons. The number of cyclic esters (lactones) is 1. The van der Waals surface area contributed by atoms with E-state index in [4.69, 9.17) is 14.5 Å². The van der Waals surface area contributed by atoms with Crippen LogP contribution in [0.25, 0.3) is 33.3 Å². The van der Waals surface area contributed by atoms with Gasteiger partial charge in [-0.25, -0.2) is 5.43 Å². The number of amides is 4. The molecule has 6 atom stereocenters. The fourth-order valence-corrected chi connectivity index (χ4v) is 11.0. The second-order valence-electron chi connectivity index (χ2n) is 20.6. The van der Waals surface area contributed by atoms with E-state index in [1.165, 1.54) is 9.91 Å². The van der Waals surface area contributed by atoms with Crippen molar-refractivity contribution in [2.45, 2.75) is 123 Å². The van der Waals surface area contributed by atoms with Crippen LogP contribution in [0.2, 0.25) is 0 Å². The number of aromatic nitrogens is 2. The number of pyridine rings is 1. The molecule has 6 bridgehead atoms. The lowest BCUT2D eigenvalue weighted by Crippen LogP contribution is -2.62. The van der Waals surface area contributed by atoms with Crippen LogP contribution in [0, 0.1) is 17.3 Å². The quantitative estimate of drug-likeness (QED) is 0.146. The number of phenolic OH excluding ortho intramolecular Hbond substituents is 1. The van der Waals surface area contributed by atoms with Gasteiger partial charge in [-0.05, 0) is 123 Å². The number of carbonyl (C=O) groups excluding carboxylic acids is 5. The number of benzene rings is 2. The van der Waals surface area contributed by atoms with Gasteiger partial charge in [-0.1, -0.05) is 39.8 Å². The maximum absolute atomic E-state index is 14.8. The molecule has 0 spiro atoms.